The molecule has 0 aliphatic carbocycles. The Morgan fingerprint density at radius 1 is 1.10 bits per heavy atom. The van der Waals surface area contributed by atoms with Gasteiger partial charge in [0.1, 0.15) is 0 Å². The smallest absolute Gasteiger partial charge is 0.236 e. The van der Waals surface area contributed by atoms with Crippen molar-refractivity contribution in [2.24, 2.45) is 0 Å². The standard InChI is InChI=1S/C22H21Cl2N3O2S2/c1-2-3-7-20(28)25-15-5-4-6-16(11-15)30-13-21(29)27-22-26-19(12-31-22)17-9-8-14(23)10-18(17)24/h4-6,8-12H,2-3,7,13H2,1H3,(H,25,28)(H,26,27,29). The van der Waals surface area contributed by atoms with Gasteiger partial charge in [-0.15, -0.1) is 23.1 Å². The normalized spacial score (nSPS) is 10.7. The Hall–Kier alpha value is -2.06. The van der Waals surface area contributed by atoms with Crippen LogP contribution in [-0.4, -0.2) is 22.6 Å². The molecule has 0 radical (unpaired) electrons. The Balaban J connectivity index is 1.53. The number of thiazole rings is 1. The van der Waals surface area contributed by atoms with Crippen molar-refractivity contribution in [3.8, 4) is 11.3 Å². The summed E-state index contributed by atoms with van der Waals surface area (Å²) in [6, 6.07) is 12.7. The lowest BCUT2D eigenvalue weighted by atomic mass is 10.2. The summed E-state index contributed by atoms with van der Waals surface area (Å²) >= 11 is 14.9. The molecule has 31 heavy (non-hydrogen) atoms. The zero-order valence-corrected chi connectivity index (χ0v) is 19.9. The van der Waals surface area contributed by atoms with Crippen molar-refractivity contribution in [1.82, 2.24) is 4.98 Å². The lowest BCUT2D eigenvalue weighted by Gasteiger charge is -2.07. The van der Waals surface area contributed by atoms with E-state index in [1.807, 2.05) is 29.6 Å². The molecule has 2 amide bonds. The third-order valence-electron chi connectivity index (χ3n) is 4.20. The van der Waals surface area contributed by atoms with E-state index in [1.165, 1.54) is 23.1 Å². The summed E-state index contributed by atoms with van der Waals surface area (Å²) in [6.45, 7) is 2.05. The molecule has 162 valence electrons. The van der Waals surface area contributed by atoms with E-state index in [0.717, 1.165) is 29.0 Å². The molecule has 2 aromatic carbocycles. The number of thioether (sulfide) groups is 1. The number of rotatable bonds is 9. The van der Waals surface area contributed by atoms with E-state index in [0.29, 0.717) is 27.3 Å². The minimum atomic E-state index is -0.162. The van der Waals surface area contributed by atoms with Crippen LogP contribution in [0.2, 0.25) is 10.0 Å². The summed E-state index contributed by atoms with van der Waals surface area (Å²) in [5, 5.41) is 9.10. The molecule has 1 aromatic heterocycles. The number of nitrogens with zero attached hydrogens (tertiary/aromatic N) is 1. The summed E-state index contributed by atoms with van der Waals surface area (Å²) in [5.41, 5.74) is 2.17. The average Bonchev–Trinajstić information content (AvgIpc) is 3.19. The number of anilines is 2. The second-order valence-corrected chi connectivity index (χ2v) is 9.43. The molecule has 0 aliphatic heterocycles. The first kappa shape index (κ1) is 23.6. The molecule has 0 unspecified atom stereocenters. The topological polar surface area (TPSA) is 71.1 Å². The Labute approximate surface area is 199 Å². The van der Waals surface area contributed by atoms with E-state index in [-0.39, 0.29) is 17.6 Å². The molecule has 0 bridgehead atoms. The van der Waals surface area contributed by atoms with Gasteiger partial charge in [0.05, 0.1) is 16.5 Å². The number of amides is 2. The molecule has 0 atom stereocenters. The Kier molecular flexibility index (Phi) is 8.78. The fourth-order valence-corrected chi connectivity index (χ4v) is 4.67. The molecule has 0 aliphatic rings. The number of carbonyl (C=O) groups is 2. The van der Waals surface area contributed by atoms with Crippen LogP contribution in [-0.2, 0) is 9.59 Å². The number of hydrogen-bond donors (Lipinski definition) is 2. The van der Waals surface area contributed by atoms with Gasteiger partial charge in [0.2, 0.25) is 11.8 Å². The molecule has 0 fully saturated rings. The fourth-order valence-electron chi connectivity index (χ4n) is 2.68. The molecule has 3 aromatic rings. The predicted molar refractivity (Wildman–Crippen MR) is 132 cm³/mol. The van der Waals surface area contributed by atoms with E-state index >= 15 is 0 Å². The lowest BCUT2D eigenvalue weighted by Crippen LogP contribution is -2.14. The molecule has 1 heterocycles. The van der Waals surface area contributed by atoms with Crippen molar-refractivity contribution in [2.75, 3.05) is 16.4 Å². The first-order valence-electron chi connectivity index (χ1n) is 9.68. The van der Waals surface area contributed by atoms with E-state index in [2.05, 4.69) is 22.5 Å². The van der Waals surface area contributed by atoms with Gasteiger partial charge in [-0.3, -0.25) is 9.59 Å². The number of aromatic nitrogens is 1. The van der Waals surface area contributed by atoms with Crippen molar-refractivity contribution in [2.45, 2.75) is 31.1 Å². The lowest BCUT2D eigenvalue weighted by molar-refractivity contribution is -0.116. The Morgan fingerprint density at radius 3 is 2.71 bits per heavy atom. The van der Waals surface area contributed by atoms with Gasteiger partial charge >= 0.3 is 0 Å². The van der Waals surface area contributed by atoms with Gasteiger partial charge in [0.15, 0.2) is 5.13 Å². The summed E-state index contributed by atoms with van der Waals surface area (Å²) in [7, 11) is 0. The molecule has 0 saturated heterocycles. The summed E-state index contributed by atoms with van der Waals surface area (Å²) in [4.78, 5) is 29.6. The summed E-state index contributed by atoms with van der Waals surface area (Å²) < 4.78 is 0. The number of halogens is 2. The SMILES string of the molecule is CCCCC(=O)Nc1cccc(SCC(=O)Nc2nc(-c3ccc(Cl)cc3Cl)cs2)c1. The van der Waals surface area contributed by atoms with Crippen LogP contribution in [0.15, 0.2) is 52.7 Å². The zero-order valence-electron chi connectivity index (χ0n) is 16.8. The van der Waals surface area contributed by atoms with E-state index in [9.17, 15) is 9.59 Å². The second kappa shape index (κ2) is 11.5. The van der Waals surface area contributed by atoms with Crippen molar-refractivity contribution < 1.29 is 9.59 Å². The third kappa shape index (κ3) is 7.25. The minimum Gasteiger partial charge on any atom is -0.326 e. The van der Waals surface area contributed by atoms with Gasteiger partial charge in [0.25, 0.3) is 0 Å². The first-order valence-corrected chi connectivity index (χ1v) is 12.3. The fraction of sp³-hybridized carbons (Fsp3) is 0.227. The molecule has 0 saturated carbocycles. The van der Waals surface area contributed by atoms with Crippen LogP contribution < -0.4 is 10.6 Å². The van der Waals surface area contributed by atoms with Gasteiger partial charge < -0.3 is 10.6 Å². The molecular weight excluding hydrogens is 473 g/mol. The predicted octanol–water partition coefficient (Wildman–Crippen LogP) is 6.98. The highest BCUT2D eigenvalue weighted by atomic mass is 35.5. The number of carbonyl (C=O) groups excluding carboxylic acids is 2. The van der Waals surface area contributed by atoms with Crippen LogP contribution in [0.4, 0.5) is 10.8 Å². The van der Waals surface area contributed by atoms with Crippen molar-refractivity contribution in [1.29, 1.82) is 0 Å². The second-order valence-electron chi connectivity index (χ2n) is 6.68. The van der Waals surface area contributed by atoms with E-state index < -0.39 is 0 Å². The number of nitrogens with one attached hydrogen (secondary N) is 2. The van der Waals surface area contributed by atoms with Gasteiger partial charge in [-0.2, -0.15) is 0 Å². The minimum absolute atomic E-state index is 0.00195. The van der Waals surface area contributed by atoms with Crippen LogP contribution in [0.5, 0.6) is 0 Å². The van der Waals surface area contributed by atoms with Crippen LogP contribution in [0.25, 0.3) is 11.3 Å². The first-order chi connectivity index (χ1) is 14.9. The van der Waals surface area contributed by atoms with Crippen LogP contribution >= 0.6 is 46.3 Å². The van der Waals surface area contributed by atoms with Crippen molar-refractivity contribution in [3.05, 3.63) is 57.9 Å². The highest BCUT2D eigenvalue weighted by molar-refractivity contribution is 8.00. The van der Waals surface area contributed by atoms with E-state index in [1.54, 1.807) is 18.2 Å². The highest BCUT2D eigenvalue weighted by Crippen LogP contribution is 2.32. The third-order valence-corrected chi connectivity index (χ3v) is 6.50. The number of unbranched alkanes of at least 4 members (excludes halogenated alkanes) is 1. The van der Waals surface area contributed by atoms with Crippen LogP contribution in [0, 0.1) is 0 Å². The number of hydrogen-bond acceptors (Lipinski definition) is 5. The maximum atomic E-state index is 12.3. The quantitative estimate of drug-likeness (QED) is 0.315. The largest absolute Gasteiger partial charge is 0.326 e. The van der Waals surface area contributed by atoms with E-state index in [4.69, 9.17) is 23.2 Å². The summed E-state index contributed by atoms with van der Waals surface area (Å²) in [5.74, 6) is 0.0664. The summed E-state index contributed by atoms with van der Waals surface area (Å²) in [6.07, 6.45) is 2.35. The van der Waals surface area contributed by atoms with Crippen LogP contribution in [0.1, 0.15) is 26.2 Å². The molecule has 3 rings (SSSR count). The highest BCUT2D eigenvalue weighted by Gasteiger charge is 2.11. The van der Waals surface area contributed by atoms with Crippen molar-refractivity contribution >= 4 is 68.9 Å². The van der Waals surface area contributed by atoms with Crippen LogP contribution in [0.3, 0.4) is 0 Å². The zero-order chi connectivity index (χ0) is 22.2. The van der Waals surface area contributed by atoms with Gasteiger partial charge in [-0.05, 0) is 42.8 Å². The van der Waals surface area contributed by atoms with Gasteiger partial charge in [0, 0.05) is 33.0 Å². The average molecular weight is 494 g/mol. The Bertz CT molecular complexity index is 1070. The molecular formula is C22H21Cl2N3O2S2. The molecule has 5 nitrogen and oxygen atoms in total. The maximum absolute atomic E-state index is 12.3. The van der Waals surface area contributed by atoms with Gasteiger partial charge in [-0.1, -0.05) is 42.6 Å². The van der Waals surface area contributed by atoms with Gasteiger partial charge in [-0.25, -0.2) is 4.98 Å². The molecule has 2 N–H and O–H groups in total. The maximum Gasteiger partial charge on any atom is 0.236 e. The Morgan fingerprint density at radius 2 is 1.94 bits per heavy atom. The van der Waals surface area contributed by atoms with Crippen molar-refractivity contribution in [3.63, 3.8) is 0 Å². The molecule has 0 spiro atoms. The monoisotopic (exact) mass is 493 g/mol. The molecule has 9 heteroatoms. The number of benzene rings is 2.